The Morgan fingerprint density at radius 2 is 1.77 bits per heavy atom. The molecule has 7 heteroatoms. The fraction of sp³-hybridized carbons (Fsp3) is 0.0870. The summed E-state index contributed by atoms with van der Waals surface area (Å²) in [5.41, 5.74) is 3.03. The van der Waals surface area contributed by atoms with Gasteiger partial charge in [-0.2, -0.15) is 5.10 Å². The van der Waals surface area contributed by atoms with Crippen LogP contribution in [0.3, 0.4) is 0 Å². The molecule has 30 heavy (non-hydrogen) atoms. The van der Waals surface area contributed by atoms with Gasteiger partial charge in [0, 0.05) is 29.0 Å². The third-order valence-corrected chi connectivity index (χ3v) is 6.52. The standard InChI is InChI=1S/C23H20N4O2S/c28-30(29,19-12-10-18(11-13-19)27-15-5-14-24-27)26-22-9-4-2-7-20(22)23-16-17-6-1-3-8-21(17)25-23/h2,4-16,25-26H,1,3H2. The number of hydrogen-bond acceptors (Lipinski definition) is 3. The highest BCUT2D eigenvalue weighted by Gasteiger charge is 2.17. The zero-order chi connectivity index (χ0) is 20.6. The van der Waals surface area contributed by atoms with Gasteiger partial charge in [-0.1, -0.05) is 30.4 Å². The van der Waals surface area contributed by atoms with Crippen molar-refractivity contribution in [3.63, 3.8) is 0 Å². The number of aromatic nitrogens is 3. The van der Waals surface area contributed by atoms with E-state index in [0.29, 0.717) is 5.69 Å². The van der Waals surface area contributed by atoms with E-state index >= 15 is 0 Å². The quantitative estimate of drug-likeness (QED) is 0.525. The predicted octanol–water partition coefficient (Wildman–Crippen LogP) is 3.02. The molecule has 0 aliphatic heterocycles. The minimum Gasteiger partial charge on any atom is -0.355 e. The van der Waals surface area contributed by atoms with Crippen molar-refractivity contribution in [3.8, 4) is 16.9 Å². The minimum absolute atomic E-state index is 0.195. The van der Waals surface area contributed by atoms with Gasteiger partial charge in [0.2, 0.25) is 0 Å². The van der Waals surface area contributed by atoms with Crippen molar-refractivity contribution in [2.75, 3.05) is 4.72 Å². The Kier molecular flexibility index (Phi) is 4.52. The van der Waals surface area contributed by atoms with Crippen molar-refractivity contribution in [2.45, 2.75) is 17.7 Å². The molecule has 1 aliphatic rings. The van der Waals surface area contributed by atoms with Gasteiger partial charge >= 0.3 is 0 Å². The van der Waals surface area contributed by atoms with Crippen molar-refractivity contribution in [1.29, 1.82) is 0 Å². The van der Waals surface area contributed by atoms with Crippen LogP contribution in [0.15, 0.2) is 78.0 Å². The van der Waals surface area contributed by atoms with E-state index in [1.165, 1.54) is 0 Å². The van der Waals surface area contributed by atoms with E-state index in [1.807, 2.05) is 30.5 Å². The Bertz CT molecular complexity index is 1380. The monoisotopic (exact) mass is 416 g/mol. The van der Waals surface area contributed by atoms with Crippen molar-refractivity contribution in [3.05, 3.63) is 83.6 Å². The lowest BCUT2D eigenvalue weighted by Gasteiger charge is -2.12. The first-order chi connectivity index (χ1) is 14.6. The summed E-state index contributed by atoms with van der Waals surface area (Å²) in [4.78, 5) is 3.60. The van der Waals surface area contributed by atoms with Crippen molar-refractivity contribution in [1.82, 2.24) is 14.8 Å². The topological polar surface area (TPSA) is 79.8 Å². The second kappa shape index (κ2) is 7.35. The Labute approximate surface area is 174 Å². The molecule has 0 spiro atoms. The van der Waals surface area contributed by atoms with Gasteiger partial charge in [-0.15, -0.1) is 0 Å². The fourth-order valence-corrected chi connectivity index (χ4v) is 4.73. The van der Waals surface area contributed by atoms with Crippen LogP contribution in [0.1, 0.15) is 12.8 Å². The lowest BCUT2D eigenvalue weighted by molar-refractivity contribution is 0.601. The molecule has 0 amide bonds. The summed E-state index contributed by atoms with van der Waals surface area (Å²) in [6.07, 6.45) is 9.89. The summed E-state index contributed by atoms with van der Waals surface area (Å²) in [5.74, 6) is 0. The largest absolute Gasteiger partial charge is 0.355 e. The zero-order valence-corrected chi connectivity index (χ0v) is 16.9. The number of sulfonamides is 1. The Morgan fingerprint density at radius 3 is 2.53 bits per heavy atom. The van der Waals surface area contributed by atoms with E-state index in [9.17, 15) is 8.42 Å². The summed E-state index contributed by atoms with van der Waals surface area (Å²) in [7, 11) is -3.74. The summed E-state index contributed by atoms with van der Waals surface area (Å²) >= 11 is 0. The van der Waals surface area contributed by atoms with Crippen LogP contribution < -0.4 is 15.3 Å². The number of H-pyrrole nitrogens is 1. The zero-order valence-electron chi connectivity index (χ0n) is 16.1. The average molecular weight is 417 g/mol. The molecule has 1 aliphatic carbocycles. The Morgan fingerprint density at radius 1 is 0.967 bits per heavy atom. The van der Waals surface area contributed by atoms with Gasteiger partial charge in [0.1, 0.15) is 0 Å². The highest BCUT2D eigenvalue weighted by atomic mass is 32.2. The van der Waals surface area contributed by atoms with Gasteiger partial charge in [0.05, 0.1) is 16.3 Å². The number of fused-ring (bicyclic) bond motifs is 1. The Hall–Kier alpha value is -3.58. The van der Waals surface area contributed by atoms with Crippen molar-refractivity contribution in [2.24, 2.45) is 0 Å². The number of para-hydroxylation sites is 1. The van der Waals surface area contributed by atoms with Crippen molar-refractivity contribution < 1.29 is 8.42 Å². The van der Waals surface area contributed by atoms with E-state index in [0.717, 1.165) is 40.4 Å². The van der Waals surface area contributed by atoms with Gasteiger partial charge in [-0.25, -0.2) is 13.1 Å². The molecule has 2 aromatic carbocycles. The molecule has 0 fully saturated rings. The summed E-state index contributed by atoms with van der Waals surface area (Å²) in [5, 5.41) is 6.40. The predicted molar refractivity (Wildman–Crippen MR) is 118 cm³/mol. The van der Waals surface area contributed by atoms with Crippen LogP contribution in [0.25, 0.3) is 29.1 Å². The first-order valence-corrected chi connectivity index (χ1v) is 11.2. The highest BCUT2D eigenvalue weighted by molar-refractivity contribution is 7.92. The smallest absolute Gasteiger partial charge is 0.261 e. The number of nitrogens with one attached hydrogen (secondary N) is 2. The van der Waals surface area contributed by atoms with E-state index in [-0.39, 0.29) is 4.90 Å². The Balaban J connectivity index is 1.48. The maximum absolute atomic E-state index is 13.0. The van der Waals surface area contributed by atoms with E-state index in [1.54, 1.807) is 41.2 Å². The number of hydrogen-bond donors (Lipinski definition) is 2. The number of rotatable bonds is 5. The minimum atomic E-state index is -3.74. The second-order valence-electron chi connectivity index (χ2n) is 7.13. The SMILES string of the molecule is O=S(=O)(Nc1ccccc1-c1cc2c([nH]1)=CCCC=2)c1ccc(-n2cccn2)cc1. The lowest BCUT2D eigenvalue weighted by atomic mass is 10.1. The molecule has 2 heterocycles. The molecule has 0 radical (unpaired) electrons. The second-order valence-corrected chi connectivity index (χ2v) is 8.82. The first-order valence-electron chi connectivity index (χ1n) is 9.72. The molecule has 6 nitrogen and oxygen atoms in total. The molecule has 0 bridgehead atoms. The van der Waals surface area contributed by atoms with Gasteiger partial charge in [0.15, 0.2) is 0 Å². The van der Waals surface area contributed by atoms with Gasteiger partial charge in [-0.05, 0) is 60.5 Å². The third kappa shape index (κ3) is 3.44. The lowest BCUT2D eigenvalue weighted by Crippen LogP contribution is -2.23. The molecular weight excluding hydrogens is 396 g/mol. The first kappa shape index (κ1) is 18.4. The van der Waals surface area contributed by atoms with Gasteiger partial charge in [0.25, 0.3) is 10.0 Å². The molecule has 4 aromatic rings. The number of nitrogens with zero attached hydrogens (tertiary/aromatic N) is 2. The van der Waals surface area contributed by atoms with Crippen LogP contribution >= 0.6 is 0 Å². The summed E-state index contributed by atoms with van der Waals surface area (Å²) in [6.45, 7) is 0. The number of benzene rings is 2. The molecule has 2 aromatic heterocycles. The number of anilines is 1. The normalized spacial score (nSPS) is 13.2. The van der Waals surface area contributed by atoms with Crippen LogP contribution in [0.5, 0.6) is 0 Å². The maximum atomic E-state index is 13.0. The summed E-state index contributed by atoms with van der Waals surface area (Å²) < 4.78 is 30.5. The number of aromatic amines is 1. The van der Waals surface area contributed by atoms with Crippen LogP contribution in [0.4, 0.5) is 5.69 Å². The third-order valence-electron chi connectivity index (χ3n) is 5.14. The van der Waals surface area contributed by atoms with E-state index in [2.05, 4.69) is 33.0 Å². The maximum Gasteiger partial charge on any atom is 0.261 e. The van der Waals surface area contributed by atoms with E-state index < -0.39 is 10.0 Å². The van der Waals surface area contributed by atoms with Crippen LogP contribution in [-0.4, -0.2) is 23.2 Å². The van der Waals surface area contributed by atoms with E-state index in [4.69, 9.17) is 0 Å². The molecule has 0 unspecified atom stereocenters. The van der Waals surface area contributed by atoms with Crippen LogP contribution in [-0.2, 0) is 10.0 Å². The molecule has 0 saturated heterocycles. The molecular formula is C23H20N4O2S. The molecule has 150 valence electrons. The molecule has 2 N–H and O–H groups in total. The summed E-state index contributed by atoms with van der Waals surface area (Å²) in [6, 6.07) is 17.9. The van der Waals surface area contributed by atoms with Gasteiger partial charge < -0.3 is 4.98 Å². The molecule has 0 atom stereocenters. The van der Waals surface area contributed by atoms with Crippen molar-refractivity contribution >= 4 is 27.9 Å². The van der Waals surface area contributed by atoms with Crippen LogP contribution in [0, 0.1) is 0 Å². The highest BCUT2D eigenvalue weighted by Crippen LogP contribution is 2.27. The van der Waals surface area contributed by atoms with Crippen LogP contribution in [0.2, 0.25) is 0 Å². The molecule has 5 rings (SSSR count). The average Bonchev–Trinajstić information content (AvgIpc) is 3.44. The fourth-order valence-electron chi connectivity index (χ4n) is 3.65. The van der Waals surface area contributed by atoms with Gasteiger partial charge in [-0.3, -0.25) is 4.72 Å². The molecule has 0 saturated carbocycles.